The maximum atomic E-state index is 16.8. The van der Waals surface area contributed by atoms with Gasteiger partial charge in [0.05, 0.1) is 37.7 Å². The summed E-state index contributed by atoms with van der Waals surface area (Å²) in [5.74, 6) is 1.62. The van der Waals surface area contributed by atoms with Crippen molar-refractivity contribution < 1.29 is 13.6 Å². The Morgan fingerprint density at radius 1 is 1.16 bits per heavy atom. The minimum Gasteiger partial charge on any atom is -0.351 e. The number of nitrogens with zero attached hydrogens (tertiary/aromatic N) is 3. The summed E-state index contributed by atoms with van der Waals surface area (Å²) in [6, 6.07) is 9.54. The van der Waals surface area contributed by atoms with Crippen LogP contribution in [-0.4, -0.2) is 34.0 Å². The van der Waals surface area contributed by atoms with Crippen molar-refractivity contribution in [2.75, 3.05) is 17.7 Å². The van der Waals surface area contributed by atoms with Crippen molar-refractivity contribution in [2.24, 2.45) is 22.2 Å². The van der Waals surface area contributed by atoms with Crippen LogP contribution in [0.25, 0.3) is 16.8 Å². The monoisotopic (exact) mass is 853 g/mol. The lowest BCUT2D eigenvalue weighted by molar-refractivity contribution is -0.429. The van der Waals surface area contributed by atoms with Crippen LogP contribution >= 0.6 is 42.4 Å². The highest BCUT2D eigenvalue weighted by atomic mass is 33.1. The number of aromatic nitrogens is 1. The van der Waals surface area contributed by atoms with Crippen molar-refractivity contribution in [2.45, 2.75) is 112 Å². The van der Waals surface area contributed by atoms with Gasteiger partial charge in [-0.3, -0.25) is 9.71 Å². The fourth-order valence-electron chi connectivity index (χ4n) is 7.63. The van der Waals surface area contributed by atoms with E-state index in [-0.39, 0.29) is 27.7 Å². The SMILES string of the molecule is C/C=C(/C)CC(CCCC)C(C)C(C)c1nc(-c2cccc(N[N+](=O)c3c(F)cccc3P)c2F)c(C(/C=C\NC(C)=NC2CC3(CNSSC3)C2)=C\CCC)s1. The molecule has 0 radical (unpaired) electrons. The number of thiazole rings is 1. The maximum Gasteiger partial charge on any atom is 0.334 e. The van der Waals surface area contributed by atoms with Crippen LogP contribution in [-0.2, 0) is 0 Å². The number of benzene rings is 2. The van der Waals surface area contributed by atoms with Crippen molar-refractivity contribution in [3.05, 3.63) is 92.8 Å². The van der Waals surface area contributed by atoms with Gasteiger partial charge >= 0.3 is 5.69 Å². The largest absolute Gasteiger partial charge is 0.351 e. The van der Waals surface area contributed by atoms with Gasteiger partial charge < -0.3 is 5.32 Å². The number of unbranched alkanes of at least 4 members (excludes halogenated alkanes) is 2. The predicted octanol–water partition coefficient (Wildman–Crippen LogP) is 12.7. The summed E-state index contributed by atoms with van der Waals surface area (Å²) in [5.41, 5.74) is 5.75. The van der Waals surface area contributed by atoms with E-state index in [4.69, 9.17) is 9.98 Å². The first-order chi connectivity index (χ1) is 27.4. The summed E-state index contributed by atoms with van der Waals surface area (Å²) in [5, 5.41) is 4.71. The van der Waals surface area contributed by atoms with Crippen molar-refractivity contribution in [3.63, 3.8) is 0 Å². The highest BCUT2D eigenvalue weighted by Crippen LogP contribution is 2.49. The molecule has 308 valence electrons. The molecular formula is C44H60F2N6OPS3+. The predicted molar refractivity (Wildman–Crippen MR) is 247 cm³/mol. The molecule has 4 unspecified atom stereocenters. The number of hydrogen-bond donors (Lipinski definition) is 3. The number of halogens is 2. The summed E-state index contributed by atoms with van der Waals surface area (Å²) in [6.07, 6.45) is 16.8. The molecule has 2 heterocycles. The first-order valence-electron chi connectivity index (χ1n) is 20.3. The lowest BCUT2D eigenvalue weighted by Crippen LogP contribution is -2.49. The Kier molecular flexibility index (Phi) is 17.0. The van der Waals surface area contributed by atoms with Crippen molar-refractivity contribution >= 4 is 70.4 Å². The quantitative estimate of drug-likeness (QED) is 0.0135. The second kappa shape index (κ2) is 21.4. The Balaban J connectivity index is 1.50. The molecule has 1 aliphatic carbocycles. The van der Waals surface area contributed by atoms with Gasteiger partial charge in [-0.1, -0.05) is 96.8 Å². The topological polar surface area (TPSA) is 81.4 Å². The van der Waals surface area contributed by atoms with E-state index in [1.807, 2.05) is 30.0 Å². The summed E-state index contributed by atoms with van der Waals surface area (Å²) in [4.78, 5) is 24.6. The smallest absolute Gasteiger partial charge is 0.334 e. The number of aliphatic imine (C=N–C) groups is 1. The van der Waals surface area contributed by atoms with Gasteiger partial charge in [-0.2, -0.15) is 4.39 Å². The Labute approximate surface area is 353 Å². The second-order valence-corrected chi connectivity index (χ2v) is 19.6. The van der Waals surface area contributed by atoms with Crippen LogP contribution in [0.3, 0.4) is 0 Å². The Morgan fingerprint density at radius 3 is 2.61 bits per heavy atom. The molecule has 1 aliphatic heterocycles. The summed E-state index contributed by atoms with van der Waals surface area (Å²) in [7, 11) is 5.99. The van der Waals surface area contributed by atoms with E-state index in [0.717, 1.165) is 72.8 Å². The molecule has 2 aliphatic rings. The van der Waals surface area contributed by atoms with Crippen LogP contribution in [0.4, 0.5) is 20.2 Å². The first kappa shape index (κ1) is 45.2. The molecule has 2 aromatic carbocycles. The summed E-state index contributed by atoms with van der Waals surface area (Å²) < 4.78 is 34.9. The van der Waals surface area contributed by atoms with E-state index >= 15 is 4.39 Å². The van der Waals surface area contributed by atoms with E-state index in [2.05, 4.69) is 78.4 Å². The zero-order chi connectivity index (χ0) is 41.1. The molecule has 3 aromatic rings. The minimum atomic E-state index is -0.708. The third-order valence-electron chi connectivity index (χ3n) is 11.4. The molecule has 5 rings (SSSR count). The molecule has 0 amide bonds. The number of nitroso groups, excluding NO2 is 1. The van der Waals surface area contributed by atoms with Gasteiger partial charge in [0.2, 0.25) is 5.82 Å². The number of hydrazine groups is 1. The molecule has 1 saturated heterocycles. The van der Waals surface area contributed by atoms with Crippen LogP contribution in [0.5, 0.6) is 0 Å². The van der Waals surface area contributed by atoms with Gasteiger partial charge in [-0.15, -0.1) is 16.8 Å². The van der Waals surface area contributed by atoms with Gasteiger partial charge in [0, 0.05) is 30.0 Å². The van der Waals surface area contributed by atoms with Gasteiger partial charge in [-0.05, 0) is 117 Å². The van der Waals surface area contributed by atoms with E-state index in [9.17, 15) is 9.30 Å². The van der Waals surface area contributed by atoms with Gasteiger partial charge in [-0.25, -0.2) is 9.37 Å². The van der Waals surface area contributed by atoms with E-state index in [1.165, 1.54) is 35.9 Å². The normalized spacial score (nSPS) is 20.7. The lowest BCUT2D eigenvalue weighted by atomic mass is 9.67. The van der Waals surface area contributed by atoms with E-state index < -0.39 is 11.6 Å². The van der Waals surface area contributed by atoms with Crippen LogP contribution < -0.4 is 20.8 Å². The number of hydrogen-bond acceptors (Lipinski definition) is 7. The molecule has 3 N–H and O–H groups in total. The Hall–Kier alpha value is -2.89. The fourth-order valence-corrected chi connectivity index (χ4v) is 11.7. The number of nitrogens with one attached hydrogen (secondary N) is 3. The van der Waals surface area contributed by atoms with Crippen LogP contribution in [0, 0.1) is 33.8 Å². The zero-order valence-electron chi connectivity index (χ0n) is 34.5. The third-order valence-corrected chi connectivity index (χ3v) is 15.3. The van der Waals surface area contributed by atoms with Gasteiger partial charge in [0.1, 0.15) is 5.69 Å². The van der Waals surface area contributed by atoms with Crippen LogP contribution in [0.1, 0.15) is 116 Å². The molecule has 57 heavy (non-hydrogen) atoms. The first-order valence-corrected chi connectivity index (χ1v) is 24.0. The van der Waals surface area contributed by atoms with Gasteiger partial charge in [0.25, 0.3) is 0 Å². The van der Waals surface area contributed by atoms with Crippen molar-refractivity contribution in [1.82, 2.24) is 15.0 Å². The summed E-state index contributed by atoms with van der Waals surface area (Å²) >= 11 is 1.61. The number of rotatable bonds is 18. The minimum absolute atomic E-state index is 0.0687. The lowest BCUT2D eigenvalue weighted by Gasteiger charge is -2.47. The molecule has 1 spiro atoms. The third kappa shape index (κ3) is 11.7. The highest BCUT2D eigenvalue weighted by molar-refractivity contribution is 8.76. The molecule has 1 saturated carbocycles. The van der Waals surface area contributed by atoms with Gasteiger partial charge in [0.15, 0.2) is 10.7 Å². The molecule has 13 heteroatoms. The number of amidine groups is 1. The average Bonchev–Trinajstić information content (AvgIpc) is 3.62. The molecular weight excluding hydrogens is 794 g/mol. The molecule has 1 aromatic heterocycles. The van der Waals surface area contributed by atoms with Crippen LogP contribution in [0.15, 0.2) is 71.4 Å². The Bertz CT molecular complexity index is 1950. The maximum absolute atomic E-state index is 16.8. The molecule has 7 nitrogen and oxygen atoms in total. The molecule has 0 bridgehead atoms. The second-order valence-electron chi connectivity index (χ2n) is 15.7. The van der Waals surface area contributed by atoms with E-state index in [1.54, 1.807) is 40.5 Å². The van der Waals surface area contributed by atoms with E-state index in [0.29, 0.717) is 34.3 Å². The van der Waals surface area contributed by atoms with Crippen molar-refractivity contribution in [1.29, 1.82) is 0 Å². The number of para-hydroxylation sites is 1. The van der Waals surface area contributed by atoms with Crippen molar-refractivity contribution in [3.8, 4) is 11.3 Å². The number of allylic oxidation sites excluding steroid dienone is 5. The molecule has 2 fully saturated rings. The fraction of sp³-hybridized carbons (Fsp3) is 0.500. The highest BCUT2D eigenvalue weighted by Gasteiger charge is 2.45. The average molecular weight is 854 g/mol. The summed E-state index contributed by atoms with van der Waals surface area (Å²) in [6.45, 7) is 16.3. The van der Waals surface area contributed by atoms with Crippen LogP contribution in [0.2, 0.25) is 0 Å². The zero-order valence-corrected chi connectivity index (χ0v) is 38.1. The standard InChI is InChI=1S/C44H60F2N6OPS3/c1-8-11-15-32(21-22-47-31(7)49-34-24-44(25-34)26-48-57-55-27-44)42-40(50-43(56-42)30(6)29(5)33(16-12-9-2)23-28(4)10-3)35-17-13-19-37(39(35)46)51-52(53)41-36(45)18-14-20-38(41)54/h10,13-15,17-22,29-30,33-34,48H,8-9,11-12,16,23-27,54H2,1-7H3,(H,47,49)(H,51,53)/q+1/b22-21-,28-10-,32-15-. The number of anilines is 1. The Morgan fingerprint density at radius 2 is 1.93 bits per heavy atom. The molecule has 4 atom stereocenters.